The van der Waals surface area contributed by atoms with Gasteiger partial charge < -0.3 is 11.1 Å². The van der Waals surface area contributed by atoms with Gasteiger partial charge in [-0.2, -0.15) is 0 Å². The number of nitrogens with two attached hydrogens (primary N) is 1. The van der Waals surface area contributed by atoms with Crippen LogP contribution in [0, 0.1) is 12.8 Å². The minimum atomic E-state index is 0.447. The molecule has 1 saturated carbocycles. The van der Waals surface area contributed by atoms with E-state index in [1.165, 1.54) is 29.7 Å². The van der Waals surface area contributed by atoms with Crippen molar-refractivity contribution in [3.63, 3.8) is 0 Å². The highest BCUT2D eigenvalue weighted by Gasteiger charge is 2.25. The molecule has 0 aromatic heterocycles. The summed E-state index contributed by atoms with van der Waals surface area (Å²) in [4.78, 5) is 0. The number of anilines is 1. The second-order valence-corrected chi connectivity index (χ2v) is 5.67. The van der Waals surface area contributed by atoms with Crippen molar-refractivity contribution in [1.82, 2.24) is 0 Å². The van der Waals surface area contributed by atoms with Crippen molar-refractivity contribution in [2.75, 3.05) is 11.9 Å². The Morgan fingerprint density at radius 2 is 2.06 bits per heavy atom. The van der Waals surface area contributed by atoms with Gasteiger partial charge in [-0.1, -0.05) is 32.0 Å². The maximum absolute atomic E-state index is 5.82. The fourth-order valence-electron chi connectivity index (χ4n) is 2.61. The van der Waals surface area contributed by atoms with Crippen molar-refractivity contribution in [3.05, 3.63) is 29.3 Å². The van der Waals surface area contributed by atoms with E-state index >= 15 is 0 Å². The SMILES string of the molecule is Cc1cccc(C(C)C)c1NCC1CC(N)C1. The molecule has 0 heterocycles. The summed E-state index contributed by atoms with van der Waals surface area (Å²) in [5.41, 5.74) is 9.93. The second kappa shape index (κ2) is 5.09. The van der Waals surface area contributed by atoms with Crippen LogP contribution < -0.4 is 11.1 Å². The third kappa shape index (κ3) is 2.81. The molecule has 1 aliphatic carbocycles. The van der Waals surface area contributed by atoms with Crippen molar-refractivity contribution in [2.24, 2.45) is 11.7 Å². The fourth-order valence-corrected chi connectivity index (χ4v) is 2.61. The van der Waals surface area contributed by atoms with Crippen molar-refractivity contribution in [2.45, 2.75) is 45.6 Å². The average molecular weight is 232 g/mol. The van der Waals surface area contributed by atoms with Gasteiger partial charge in [-0.25, -0.2) is 0 Å². The fraction of sp³-hybridized carbons (Fsp3) is 0.600. The molecular formula is C15H24N2. The molecule has 2 rings (SSSR count). The highest BCUT2D eigenvalue weighted by Crippen LogP contribution is 2.30. The van der Waals surface area contributed by atoms with Crippen molar-refractivity contribution < 1.29 is 0 Å². The second-order valence-electron chi connectivity index (χ2n) is 5.67. The minimum Gasteiger partial charge on any atom is -0.384 e. The molecule has 0 saturated heterocycles. The van der Waals surface area contributed by atoms with Gasteiger partial charge in [0.15, 0.2) is 0 Å². The Kier molecular flexibility index (Phi) is 3.72. The van der Waals surface area contributed by atoms with Gasteiger partial charge in [0.25, 0.3) is 0 Å². The van der Waals surface area contributed by atoms with E-state index in [1.807, 2.05) is 0 Å². The van der Waals surface area contributed by atoms with Gasteiger partial charge in [0.1, 0.15) is 0 Å². The average Bonchev–Trinajstić information content (AvgIpc) is 2.23. The summed E-state index contributed by atoms with van der Waals surface area (Å²) in [6.45, 7) is 7.75. The maximum atomic E-state index is 5.82. The van der Waals surface area contributed by atoms with E-state index in [2.05, 4.69) is 44.3 Å². The van der Waals surface area contributed by atoms with Gasteiger partial charge in [0.2, 0.25) is 0 Å². The van der Waals surface area contributed by atoms with Crippen molar-refractivity contribution >= 4 is 5.69 Å². The van der Waals surface area contributed by atoms with Crippen molar-refractivity contribution in [3.8, 4) is 0 Å². The van der Waals surface area contributed by atoms with Crippen LogP contribution in [0.3, 0.4) is 0 Å². The third-order valence-corrected chi connectivity index (χ3v) is 3.77. The molecule has 0 spiro atoms. The summed E-state index contributed by atoms with van der Waals surface area (Å²) in [6.07, 6.45) is 2.35. The Hall–Kier alpha value is -1.02. The van der Waals surface area contributed by atoms with Crippen LogP contribution in [0.5, 0.6) is 0 Å². The summed E-state index contributed by atoms with van der Waals surface area (Å²) in [5, 5.41) is 3.63. The molecular weight excluding hydrogens is 208 g/mol. The topological polar surface area (TPSA) is 38.0 Å². The Morgan fingerprint density at radius 3 is 2.65 bits per heavy atom. The van der Waals surface area contributed by atoms with E-state index in [0.717, 1.165) is 12.5 Å². The lowest BCUT2D eigenvalue weighted by Crippen LogP contribution is -2.39. The zero-order valence-electron chi connectivity index (χ0n) is 11.2. The molecule has 1 aromatic carbocycles. The van der Waals surface area contributed by atoms with Gasteiger partial charge in [0.05, 0.1) is 0 Å². The van der Waals surface area contributed by atoms with E-state index < -0.39 is 0 Å². The first kappa shape index (κ1) is 12.4. The van der Waals surface area contributed by atoms with Gasteiger partial charge in [-0.05, 0) is 42.7 Å². The molecule has 17 heavy (non-hydrogen) atoms. The summed E-state index contributed by atoms with van der Waals surface area (Å²) >= 11 is 0. The van der Waals surface area contributed by atoms with Crippen LogP contribution in [-0.2, 0) is 0 Å². The Labute approximate surface area is 105 Å². The monoisotopic (exact) mass is 232 g/mol. The van der Waals surface area contributed by atoms with Gasteiger partial charge >= 0.3 is 0 Å². The summed E-state index contributed by atoms with van der Waals surface area (Å²) in [6, 6.07) is 7.01. The molecule has 2 nitrogen and oxygen atoms in total. The van der Waals surface area contributed by atoms with Crippen LogP contribution in [-0.4, -0.2) is 12.6 Å². The van der Waals surface area contributed by atoms with E-state index in [-0.39, 0.29) is 0 Å². The zero-order chi connectivity index (χ0) is 12.4. The lowest BCUT2D eigenvalue weighted by molar-refractivity contribution is 0.280. The summed E-state index contributed by atoms with van der Waals surface area (Å²) < 4.78 is 0. The molecule has 1 aliphatic rings. The molecule has 0 radical (unpaired) electrons. The number of para-hydroxylation sites is 1. The molecule has 0 aliphatic heterocycles. The molecule has 3 N–H and O–H groups in total. The molecule has 94 valence electrons. The number of aryl methyl sites for hydroxylation is 1. The molecule has 2 heteroatoms. The lowest BCUT2D eigenvalue weighted by Gasteiger charge is -2.33. The Morgan fingerprint density at radius 1 is 1.35 bits per heavy atom. The van der Waals surface area contributed by atoms with Crippen LogP contribution in [0.25, 0.3) is 0 Å². The number of hydrogen-bond donors (Lipinski definition) is 2. The quantitative estimate of drug-likeness (QED) is 0.836. The highest BCUT2D eigenvalue weighted by atomic mass is 14.9. The van der Waals surface area contributed by atoms with E-state index in [9.17, 15) is 0 Å². The minimum absolute atomic E-state index is 0.447. The predicted octanol–water partition coefficient (Wildman–Crippen LogP) is 3.27. The number of rotatable bonds is 4. The van der Waals surface area contributed by atoms with E-state index in [0.29, 0.717) is 12.0 Å². The lowest BCUT2D eigenvalue weighted by atomic mass is 9.81. The predicted molar refractivity (Wildman–Crippen MR) is 74.5 cm³/mol. The molecule has 0 bridgehead atoms. The van der Waals surface area contributed by atoms with E-state index in [4.69, 9.17) is 5.73 Å². The molecule has 1 fully saturated rings. The molecule has 0 atom stereocenters. The Bertz CT molecular complexity index is 379. The highest BCUT2D eigenvalue weighted by molar-refractivity contribution is 5.58. The van der Waals surface area contributed by atoms with Gasteiger partial charge in [-0.3, -0.25) is 0 Å². The van der Waals surface area contributed by atoms with Crippen LogP contribution >= 0.6 is 0 Å². The molecule has 1 aromatic rings. The smallest absolute Gasteiger partial charge is 0.0405 e. The molecule has 0 unspecified atom stereocenters. The zero-order valence-corrected chi connectivity index (χ0v) is 11.2. The maximum Gasteiger partial charge on any atom is 0.0405 e. The standard InChI is InChI=1S/C15H24N2/c1-10(2)14-6-4-5-11(3)15(14)17-9-12-7-13(16)8-12/h4-6,10,12-13,17H,7-9,16H2,1-3H3. The largest absolute Gasteiger partial charge is 0.384 e. The Balaban J connectivity index is 2.03. The first-order valence-corrected chi connectivity index (χ1v) is 6.67. The number of hydrogen-bond acceptors (Lipinski definition) is 2. The van der Waals surface area contributed by atoms with Crippen LogP contribution in [0.4, 0.5) is 5.69 Å². The normalized spacial score (nSPS) is 23.6. The number of benzene rings is 1. The first-order chi connectivity index (χ1) is 8.08. The number of nitrogens with one attached hydrogen (secondary N) is 1. The summed E-state index contributed by atoms with van der Waals surface area (Å²) in [7, 11) is 0. The molecule has 0 amide bonds. The van der Waals surface area contributed by atoms with E-state index in [1.54, 1.807) is 0 Å². The first-order valence-electron chi connectivity index (χ1n) is 6.67. The van der Waals surface area contributed by atoms with Crippen LogP contribution in [0.15, 0.2) is 18.2 Å². The van der Waals surface area contributed by atoms with Gasteiger partial charge in [0, 0.05) is 18.3 Å². The van der Waals surface area contributed by atoms with Crippen LogP contribution in [0.1, 0.15) is 43.7 Å². The van der Waals surface area contributed by atoms with Crippen LogP contribution in [0.2, 0.25) is 0 Å². The van der Waals surface area contributed by atoms with Crippen molar-refractivity contribution in [1.29, 1.82) is 0 Å². The van der Waals surface area contributed by atoms with Gasteiger partial charge in [-0.15, -0.1) is 0 Å². The summed E-state index contributed by atoms with van der Waals surface area (Å²) in [5.74, 6) is 1.34. The third-order valence-electron chi connectivity index (χ3n) is 3.77.